The van der Waals surface area contributed by atoms with Gasteiger partial charge in [0.05, 0.1) is 11.4 Å². The Bertz CT molecular complexity index is 839. The molecule has 2 nitrogen and oxygen atoms in total. The van der Waals surface area contributed by atoms with E-state index in [0.29, 0.717) is 0 Å². The van der Waals surface area contributed by atoms with E-state index in [9.17, 15) is 0 Å². The van der Waals surface area contributed by atoms with Crippen LogP contribution in [0.4, 0.5) is 0 Å². The number of nitrogens with zero attached hydrogens (tertiary/aromatic N) is 2. The quantitative estimate of drug-likeness (QED) is 0.672. The smallest absolute Gasteiger partial charge is 0.0930 e. The largest absolute Gasteiger partial charge is 0.254 e. The summed E-state index contributed by atoms with van der Waals surface area (Å²) in [5.74, 6) is 0. The molecule has 106 valence electrons. The first-order valence-corrected chi connectivity index (χ1v) is 7.74. The highest BCUT2D eigenvalue weighted by Gasteiger charge is 2.70. The van der Waals surface area contributed by atoms with Crippen molar-refractivity contribution in [3.05, 3.63) is 83.7 Å². The van der Waals surface area contributed by atoms with Crippen LogP contribution < -0.4 is 0 Å². The van der Waals surface area contributed by atoms with Crippen LogP contribution in [0.5, 0.6) is 0 Å². The van der Waals surface area contributed by atoms with E-state index in [0.717, 1.165) is 17.8 Å². The summed E-state index contributed by atoms with van der Waals surface area (Å²) in [4.78, 5) is 9.27. The summed E-state index contributed by atoms with van der Waals surface area (Å²) in [6, 6.07) is 19.4. The second-order valence-electron chi connectivity index (χ2n) is 6.58. The Morgan fingerprint density at radius 1 is 0.773 bits per heavy atom. The number of aromatic nitrogens is 2. The van der Waals surface area contributed by atoms with Gasteiger partial charge >= 0.3 is 0 Å². The molecule has 22 heavy (non-hydrogen) atoms. The molecule has 1 fully saturated rings. The summed E-state index contributed by atoms with van der Waals surface area (Å²) in [6.45, 7) is 2.38. The summed E-state index contributed by atoms with van der Waals surface area (Å²) in [6.07, 6.45) is 4.87. The molecule has 2 heteroatoms. The van der Waals surface area contributed by atoms with E-state index in [2.05, 4.69) is 71.5 Å². The molecular formula is C20H16N2. The molecule has 1 atom stereocenters. The van der Waals surface area contributed by atoms with Gasteiger partial charge in [-0.05, 0) is 35.2 Å². The van der Waals surface area contributed by atoms with Gasteiger partial charge in [-0.3, -0.25) is 9.97 Å². The minimum atomic E-state index is 0.0432. The number of hydrogen-bond donors (Lipinski definition) is 0. The molecule has 2 heterocycles. The van der Waals surface area contributed by atoms with Crippen LogP contribution in [0.3, 0.4) is 0 Å². The van der Waals surface area contributed by atoms with Crippen LogP contribution in [0.25, 0.3) is 11.4 Å². The van der Waals surface area contributed by atoms with Crippen LogP contribution in [-0.4, -0.2) is 9.97 Å². The van der Waals surface area contributed by atoms with E-state index in [-0.39, 0.29) is 10.8 Å². The first-order valence-electron chi connectivity index (χ1n) is 7.74. The van der Waals surface area contributed by atoms with E-state index in [1.54, 1.807) is 0 Å². The highest BCUT2D eigenvalue weighted by Crippen LogP contribution is 2.72. The Balaban J connectivity index is 1.80. The second-order valence-corrected chi connectivity index (χ2v) is 6.58. The molecule has 2 aliphatic rings. The van der Waals surface area contributed by atoms with Gasteiger partial charge in [-0.25, -0.2) is 0 Å². The topological polar surface area (TPSA) is 25.8 Å². The fourth-order valence-electron chi connectivity index (χ4n) is 4.45. The van der Waals surface area contributed by atoms with Gasteiger partial charge in [0, 0.05) is 23.2 Å². The summed E-state index contributed by atoms with van der Waals surface area (Å²) in [5, 5.41) is 0. The third-order valence-electron chi connectivity index (χ3n) is 5.61. The van der Waals surface area contributed by atoms with Crippen molar-refractivity contribution in [3.8, 4) is 11.4 Å². The summed E-state index contributed by atoms with van der Waals surface area (Å²) >= 11 is 0. The van der Waals surface area contributed by atoms with Crippen LogP contribution in [0.1, 0.15) is 30.0 Å². The van der Waals surface area contributed by atoms with Crippen LogP contribution in [-0.2, 0) is 10.8 Å². The highest BCUT2D eigenvalue weighted by atomic mass is 14.8. The Hall–Kier alpha value is -2.48. The Morgan fingerprint density at radius 2 is 1.36 bits per heavy atom. The standard InChI is InChI=1S/C20H16N2/c1-19(14-7-3-2-4-8-14)13-20(19)15-9-5-11-21-17(15)18-16(20)10-6-12-22-18/h2-12H,13H2,1H3. The van der Waals surface area contributed by atoms with Gasteiger partial charge in [-0.15, -0.1) is 0 Å². The van der Waals surface area contributed by atoms with E-state index in [4.69, 9.17) is 0 Å². The maximum atomic E-state index is 4.63. The predicted octanol–water partition coefficient (Wildman–Crippen LogP) is 4.10. The number of fused-ring (bicyclic) bond motifs is 5. The number of benzene rings is 1. The van der Waals surface area contributed by atoms with Gasteiger partial charge in [0.15, 0.2) is 0 Å². The van der Waals surface area contributed by atoms with Crippen LogP contribution >= 0.6 is 0 Å². The van der Waals surface area contributed by atoms with E-state index in [1.807, 2.05) is 12.4 Å². The molecule has 3 aromatic rings. The molecule has 0 amide bonds. The zero-order valence-electron chi connectivity index (χ0n) is 12.5. The zero-order chi connectivity index (χ0) is 14.8. The fourth-order valence-corrected chi connectivity index (χ4v) is 4.45. The third kappa shape index (κ3) is 1.22. The maximum Gasteiger partial charge on any atom is 0.0930 e. The summed E-state index contributed by atoms with van der Waals surface area (Å²) < 4.78 is 0. The fraction of sp³-hybridized carbons (Fsp3) is 0.200. The Morgan fingerprint density at radius 3 is 1.95 bits per heavy atom. The molecule has 0 N–H and O–H groups in total. The van der Waals surface area contributed by atoms with Crippen molar-refractivity contribution in [3.63, 3.8) is 0 Å². The minimum absolute atomic E-state index is 0.0432. The van der Waals surface area contributed by atoms with Gasteiger partial charge < -0.3 is 0 Å². The van der Waals surface area contributed by atoms with Crippen LogP contribution in [0.2, 0.25) is 0 Å². The molecule has 1 spiro atoms. The van der Waals surface area contributed by atoms with Crippen LogP contribution in [0.15, 0.2) is 67.0 Å². The molecule has 1 aromatic carbocycles. The molecule has 1 saturated carbocycles. The zero-order valence-corrected chi connectivity index (χ0v) is 12.5. The van der Waals surface area contributed by atoms with Gasteiger partial charge in [0.25, 0.3) is 0 Å². The van der Waals surface area contributed by atoms with Gasteiger partial charge in [0.2, 0.25) is 0 Å². The minimum Gasteiger partial charge on any atom is -0.254 e. The first-order chi connectivity index (χ1) is 10.8. The number of hydrogen-bond acceptors (Lipinski definition) is 2. The van der Waals surface area contributed by atoms with Crippen molar-refractivity contribution in [2.24, 2.45) is 0 Å². The second kappa shape index (κ2) is 3.83. The lowest BCUT2D eigenvalue weighted by Gasteiger charge is -2.21. The normalized spacial score (nSPS) is 23.1. The average Bonchev–Trinajstić information content (AvgIpc) is 3.14. The van der Waals surface area contributed by atoms with Gasteiger partial charge in [0.1, 0.15) is 0 Å². The van der Waals surface area contributed by atoms with Crippen molar-refractivity contribution in [2.45, 2.75) is 24.2 Å². The van der Waals surface area contributed by atoms with Crippen molar-refractivity contribution in [2.75, 3.05) is 0 Å². The molecule has 0 radical (unpaired) electrons. The van der Waals surface area contributed by atoms with E-state index >= 15 is 0 Å². The van der Waals surface area contributed by atoms with Crippen molar-refractivity contribution in [1.29, 1.82) is 0 Å². The lowest BCUT2D eigenvalue weighted by atomic mass is 9.82. The molecule has 2 aliphatic carbocycles. The lowest BCUT2D eigenvalue weighted by molar-refractivity contribution is 0.662. The third-order valence-corrected chi connectivity index (χ3v) is 5.61. The van der Waals surface area contributed by atoms with Crippen LogP contribution in [0, 0.1) is 0 Å². The predicted molar refractivity (Wildman–Crippen MR) is 86.7 cm³/mol. The average molecular weight is 284 g/mol. The van der Waals surface area contributed by atoms with E-state index in [1.165, 1.54) is 16.7 Å². The number of pyridine rings is 2. The summed E-state index contributed by atoms with van der Waals surface area (Å²) in [7, 11) is 0. The SMILES string of the molecule is CC1(c2ccccc2)CC12c1cccnc1-c1ncccc12. The molecule has 5 rings (SSSR count). The Kier molecular flexibility index (Phi) is 2.11. The lowest BCUT2D eigenvalue weighted by Crippen LogP contribution is -2.19. The molecule has 2 aromatic heterocycles. The van der Waals surface area contributed by atoms with E-state index < -0.39 is 0 Å². The van der Waals surface area contributed by atoms with Gasteiger partial charge in [-0.1, -0.05) is 49.4 Å². The monoisotopic (exact) mass is 284 g/mol. The van der Waals surface area contributed by atoms with Crippen molar-refractivity contribution < 1.29 is 0 Å². The van der Waals surface area contributed by atoms with Crippen molar-refractivity contribution in [1.82, 2.24) is 9.97 Å². The highest BCUT2D eigenvalue weighted by molar-refractivity contribution is 5.80. The maximum absolute atomic E-state index is 4.63. The number of rotatable bonds is 1. The molecule has 0 bridgehead atoms. The molecule has 1 unspecified atom stereocenters. The first kappa shape index (κ1) is 12.1. The van der Waals surface area contributed by atoms with Gasteiger partial charge in [-0.2, -0.15) is 0 Å². The van der Waals surface area contributed by atoms with Crippen molar-refractivity contribution >= 4 is 0 Å². The molecule has 0 aliphatic heterocycles. The Labute approximate surface area is 129 Å². The summed E-state index contributed by atoms with van der Waals surface area (Å²) in [5.41, 5.74) is 6.39. The molecule has 0 saturated heterocycles. The molecular weight excluding hydrogens is 268 g/mol.